The van der Waals surface area contributed by atoms with Crippen molar-refractivity contribution in [1.82, 2.24) is 16.0 Å². The van der Waals surface area contributed by atoms with Crippen molar-refractivity contribution in [3.63, 3.8) is 0 Å². The van der Waals surface area contributed by atoms with Crippen molar-refractivity contribution in [2.45, 2.75) is 198 Å². The lowest BCUT2D eigenvalue weighted by molar-refractivity contribution is -0.117. The van der Waals surface area contributed by atoms with Gasteiger partial charge in [-0.3, -0.25) is 19.2 Å². The van der Waals surface area contributed by atoms with Crippen molar-refractivity contribution < 1.29 is 19.2 Å². The van der Waals surface area contributed by atoms with E-state index in [0.717, 1.165) is 44.9 Å². The summed E-state index contributed by atoms with van der Waals surface area (Å²) in [5.74, 6) is 0.504. The van der Waals surface area contributed by atoms with Crippen LogP contribution in [0.25, 0.3) is 0 Å². The van der Waals surface area contributed by atoms with E-state index in [0.29, 0.717) is 12.3 Å². The van der Waals surface area contributed by atoms with Gasteiger partial charge in [0.25, 0.3) is 0 Å². The molecule has 7 nitrogen and oxygen atoms in total. The van der Waals surface area contributed by atoms with Crippen LogP contribution in [-0.4, -0.2) is 41.6 Å². The Balaban J connectivity index is 0.000000414. The highest BCUT2D eigenvalue weighted by molar-refractivity contribution is 5.89. The van der Waals surface area contributed by atoms with Crippen LogP contribution in [0.2, 0.25) is 0 Å². The van der Waals surface area contributed by atoms with E-state index < -0.39 is 0 Å². The Bertz CT molecular complexity index is 1640. The van der Waals surface area contributed by atoms with Gasteiger partial charge in [-0.2, -0.15) is 0 Å². The number of allylic oxidation sites excluding steroid dienone is 6. The van der Waals surface area contributed by atoms with Crippen LogP contribution < -0.4 is 16.0 Å². The molecule has 3 N–H and O–H groups in total. The molecule has 0 radical (unpaired) electrons. The van der Waals surface area contributed by atoms with Gasteiger partial charge in [0.2, 0.25) is 17.7 Å². The number of hydrogen-bond donors (Lipinski definition) is 3. The molecule has 4 aliphatic rings. The van der Waals surface area contributed by atoms with E-state index in [4.69, 9.17) is 0 Å². The van der Waals surface area contributed by atoms with E-state index in [-0.39, 0.29) is 63.3 Å². The zero-order valence-electron chi connectivity index (χ0n) is 41.5. The van der Waals surface area contributed by atoms with Gasteiger partial charge in [-0.25, -0.2) is 0 Å². The van der Waals surface area contributed by atoms with Crippen molar-refractivity contribution in [1.29, 1.82) is 0 Å². The van der Waals surface area contributed by atoms with Crippen molar-refractivity contribution in [2.75, 3.05) is 0 Å². The highest BCUT2D eigenvalue weighted by Gasteiger charge is 2.30. The molecule has 348 valence electrons. The first-order chi connectivity index (χ1) is 28.8. The second-order valence-electron chi connectivity index (χ2n) is 21.6. The molecule has 4 rings (SSSR count). The van der Waals surface area contributed by atoms with E-state index in [1.807, 2.05) is 0 Å². The van der Waals surface area contributed by atoms with Crippen LogP contribution in [0.1, 0.15) is 179 Å². The Labute approximate surface area is 379 Å². The van der Waals surface area contributed by atoms with E-state index in [9.17, 15) is 19.2 Å². The maximum absolute atomic E-state index is 11.4. The van der Waals surface area contributed by atoms with Gasteiger partial charge in [-0.05, 0) is 140 Å². The molecule has 4 aliphatic carbocycles. The third kappa shape index (κ3) is 21.9. The lowest BCUT2D eigenvalue weighted by atomic mass is 9.80. The average Bonchev–Trinajstić information content (AvgIpc) is 3.35. The SMILES string of the molecule is C=CC(=O)CC1CCCC=C(C(C)(C)C)C1.C=CC(=O)NC1C=C(C(C)(C)C)CCCC1.C=CC(=O)NC1CCC=C1C(C)(C)C.C=CC(=O)NC1CCCCC=C1C(C)(C)C. The molecule has 4 atom stereocenters. The molecule has 0 saturated heterocycles. The summed E-state index contributed by atoms with van der Waals surface area (Å²) < 4.78 is 0. The molecule has 0 spiro atoms. The molecule has 0 bridgehead atoms. The van der Waals surface area contributed by atoms with E-state index >= 15 is 0 Å². The minimum Gasteiger partial charge on any atom is -0.346 e. The third-order valence-corrected chi connectivity index (χ3v) is 12.1. The quantitative estimate of drug-likeness (QED) is 0.159. The summed E-state index contributed by atoms with van der Waals surface area (Å²) in [4.78, 5) is 45.3. The summed E-state index contributed by atoms with van der Waals surface area (Å²) in [7, 11) is 0. The van der Waals surface area contributed by atoms with Crippen molar-refractivity contribution in [3.8, 4) is 0 Å². The lowest BCUT2D eigenvalue weighted by Gasteiger charge is -2.30. The molecule has 0 aliphatic heterocycles. The second-order valence-corrected chi connectivity index (χ2v) is 21.6. The Morgan fingerprint density at radius 1 is 0.532 bits per heavy atom. The Hall–Kier alpha value is -4.00. The fraction of sp³-hybridized carbons (Fsp3) is 0.636. The Kier molecular flexibility index (Phi) is 24.0. The molecule has 3 amide bonds. The Morgan fingerprint density at radius 2 is 1.02 bits per heavy atom. The van der Waals surface area contributed by atoms with Crippen LogP contribution in [0.5, 0.6) is 0 Å². The summed E-state index contributed by atoms with van der Waals surface area (Å²) in [6.45, 7) is 40.6. The molecule has 0 saturated carbocycles. The zero-order chi connectivity index (χ0) is 47.3. The smallest absolute Gasteiger partial charge is 0.243 e. The van der Waals surface area contributed by atoms with Gasteiger partial charge in [0.15, 0.2) is 5.78 Å². The van der Waals surface area contributed by atoms with E-state index in [1.165, 1.54) is 91.5 Å². The fourth-order valence-electron chi connectivity index (χ4n) is 8.57. The summed E-state index contributed by atoms with van der Waals surface area (Å²) in [6, 6.07) is 0.579. The van der Waals surface area contributed by atoms with Gasteiger partial charge < -0.3 is 16.0 Å². The van der Waals surface area contributed by atoms with Crippen molar-refractivity contribution in [2.24, 2.45) is 27.6 Å². The molecular weight excluding hydrogens is 767 g/mol. The first-order valence-corrected chi connectivity index (χ1v) is 23.5. The summed E-state index contributed by atoms with van der Waals surface area (Å²) in [5.41, 5.74) is 6.42. The van der Waals surface area contributed by atoms with Crippen molar-refractivity contribution >= 4 is 23.5 Å². The number of hydrogen-bond acceptors (Lipinski definition) is 4. The second kappa shape index (κ2) is 26.6. The van der Waals surface area contributed by atoms with Gasteiger partial charge in [-0.1, -0.05) is 158 Å². The van der Waals surface area contributed by atoms with Gasteiger partial charge in [0.05, 0.1) is 12.1 Å². The maximum Gasteiger partial charge on any atom is 0.243 e. The van der Waals surface area contributed by atoms with Crippen LogP contribution in [0.3, 0.4) is 0 Å². The molecular formula is C55H89N3O4. The highest BCUT2D eigenvalue weighted by atomic mass is 16.2. The third-order valence-electron chi connectivity index (χ3n) is 12.1. The standard InChI is InChI=1S/C15H24O.2C14H23NO.C12H19NO/c1-5-14(16)11-12-8-6-7-9-13(10-12)15(2,3)4;1-5-13(16)15-12-9-7-6-8-11(10-12)14(2,3)4;1-5-13(16)15-12-10-8-6-7-9-11(12)14(2,3)4;1-5-11(14)13-10-8-6-7-9(10)12(2,3)4/h5,9,12H,1,6-8,10-11H2,2-4H3;5,10,12H,1,6-9H2,2-4H3,(H,15,16);5,9,12H,1,6-8,10H2,2-4H3,(H,15,16);5,7,10H,1,6,8H2,2-4H3,(H,13,14). The average molecular weight is 856 g/mol. The monoisotopic (exact) mass is 856 g/mol. The molecule has 62 heavy (non-hydrogen) atoms. The van der Waals surface area contributed by atoms with Crippen LogP contribution >= 0.6 is 0 Å². The molecule has 0 aromatic carbocycles. The number of rotatable bonds is 9. The minimum atomic E-state index is -0.0768. The summed E-state index contributed by atoms with van der Waals surface area (Å²) in [5, 5.41) is 8.98. The summed E-state index contributed by atoms with van der Waals surface area (Å²) >= 11 is 0. The number of amides is 3. The Morgan fingerprint density at radius 3 is 1.52 bits per heavy atom. The van der Waals surface area contributed by atoms with Crippen LogP contribution in [0.15, 0.2) is 97.2 Å². The molecule has 0 aromatic heterocycles. The molecule has 0 heterocycles. The van der Waals surface area contributed by atoms with Crippen molar-refractivity contribution in [3.05, 3.63) is 97.2 Å². The van der Waals surface area contributed by atoms with Crippen LogP contribution in [-0.2, 0) is 19.2 Å². The first-order valence-electron chi connectivity index (χ1n) is 23.5. The molecule has 0 fully saturated rings. The normalized spacial score (nSPS) is 21.9. The molecule has 7 heteroatoms. The highest BCUT2D eigenvalue weighted by Crippen LogP contribution is 2.37. The number of carbonyl (C=O) groups excluding carboxylic acids is 4. The largest absolute Gasteiger partial charge is 0.346 e. The summed E-state index contributed by atoms with van der Waals surface area (Å²) in [6.07, 6.45) is 31.3. The van der Waals surface area contributed by atoms with Gasteiger partial charge in [0.1, 0.15) is 0 Å². The maximum atomic E-state index is 11.4. The lowest BCUT2D eigenvalue weighted by Crippen LogP contribution is -2.38. The molecule has 0 aromatic rings. The predicted octanol–water partition coefficient (Wildman–Crippen LogP) is 13.1. The number of ketones is 1. The van der Waals surface area contributed by atoms with Gasteiger partial charge >= 0.3 is 0 Å². The molecule has 4 unspecified atom stereocenters. The van der Waals surface area contributed by atoms with Gasteiger partial charge in [-0.15, -0.1) is 0 Å². The minimum absolute atomic E-state index is 0.0675. The van der Waals surface area contributed by atoms with Gasteiger partial charge in [0, 0.05) is 12.5 Å². The van der Waals surface area contributed by atoms with E-state index in [1.54, 1.807) is 0 Å². The number of carbonyl (C=O) groups is 4. The number of nitrogens with one attached hydrogen (secondary N) is 3. The van der Waals surface area contributed by atoms with Crippen LogP contribution in [0.4, 0.5) is 0 Å². The zero-order valence-corrected chi connectivity index (χ0v) is 41.5. The predicted molar refractivity (Wildman–Crippen MR) is 264 cm³/mol. The van der Waals surface area contributed by atoms with Crippen LogP contribution in [0, 0.1) is 27.6 Å². The fourth-order valence-corrected chi connectivity index (χ4v) is 8.57. The first kappa shape index (κ1) is 56.0. The topological polar surface area (TPSA) is 104 Å². The van der Waals surface area contributed by atoms with E-state index in [2.05, 4.69) is 150 Å².